The Balaban J connectivity index is 2.63. The van der Waals surface area contributed by atoms with Gasteiger partial charge in [0.1, 0.15) is 5.82 Å². The van der Waals surface area contributed by atoms with Gasteiger partial charge in [-0.25, -0.2) is 4.39 Å². The Kier molecular flexibility index (Phi) is 4.21. The molecule has 0 amide bonds. The van der Waals surface area contributed by atoms with Crippen LogP contribution in [0.5, 0.6) is 0 Å². The first kappa shape index (κ1) is 16.1. The molecule has 0 aliphatic rings. The van der Waals surface area contributed by atoms with Crippen LogP contribution in [0.25, 0.3) is 11.1 Å². The highest BCUT2D eigenvalue weighted by Crippen LogP contribution is 2.37. The summed E-state index contributed by atoms with van der Waals surface area (Å²) in [5.41, 5.74) is 2.46. The van der Waals surface area contributed by atoms with E-state index >= 15 is 0 Å². The third-order valence-electron chi connectivity index (χ3n) is 3.45. The number of hydrogen-bond donors (Lipinski definition) is 0. The van der Waals surface area contributed by atoms with Crippen LogP contribution in [0.3, 0.4) is 0 Å². The summed E-state index contributed by atoms with van der Waals surface area (Å²) in [6, 6.07) is 11.3. The van der Waals surface area contributed by atoms with E-state index in [0.29, 0.717) is 0 Å². The largest absolute Gasteiger partial charge is 0.219 e. The van der Waals surface area contributed by atoms with Crippen molar-refractivity contribution in [3.05, 3.63) is 52.0 Å². The molecule has 1 aromatic heterocycles. The maximum absolute atomic E-state index is 13.1. The minimum atomic E-state index is -0.190. The van der Waals surface area contributed by atoms with Crippen molar-refractivity contribution in [2.75, 3.05) is 0 Å². The minimum absolute atomic E-state index is 0.112. The van der Waals surface area contributed by atoms with Gasteiger partial charge < -0.3 is 0 Å². The van der Waals surface area contributed by atoms with Crippen LogP contribution in [0.4, 0.5) is 4.39 Å². The van der Waals surface area contributed by atoms with E-state index in [-0.39, 0.29) is 16.6 Å². The van der Waals surface area contributed by atoms with Gasteiger partial charge in [-0.3, -0.25) is 0 Å². The first-order valence-corrected chi connectivity index (χ1v) is 8.14. The number of rotatable bonds is 1. The lowest BCUT2D eigenvalue weighted by atomic mass is 9.90. The Hall–Kier alpha value is -1.28. The molecule has 0 bridgehead atoms. The van der Waals surface area contributed by atoms with Gasteiger partial charge in [-0.1, -0.05) is 53.7 Å². The molecule has 2 rings (SSSR count). The van der Waals surface area contributed by atoms with Crippen LogP contribution in [0, 0.1) is 5.82 Å². The zero-order valence-corrected chi connectivity index (χ0v) is 14.6. The van der Waals surface area contributed by atoms with Crippen LogP contribution < -0.4 is 0 Å². The molecule has 1 heterocycles. The van der Waals surface area contributed by atoms with E-state index in [2.05, 4.69) is 53.7 Å². The highest BCUT2D eigenvalue weighted by atomic mass is 32.1. The van der Waals surface area contributed by atoms with Gasteiger partial charge in [0, 0.05) is 23.0 Å². The van der Waals surface area contributed by atoms with E-state index in [4.69, 9.17) is 0 Å². The maximum atomic E-state index is 13.1. The van der Waals surface area contributed by atoms with Gasteiger partial charge in [-0.05, 0) is 23.3 Å². The molecule has 1 aromatic carbocycles. The fraction of sp³-hybridized carbons (Fsp3) is 0.421. The average Bonchev–Trinajstić information content (AvgIpc) is 2.37. The van der Waals surface area contributed by atoms with Gasteiger partial charge in [-0.15, -0.1) is 0 Å². The quantitative estimate of drug-likeness (QED) is 0.532. The number of halogens is 1. The van der Waals surface area contributed by atoms with Crippen molar-refractivity contribution in [2.45, 2.75) is 52.4 Å². The Labute approximate surface area is 131 Å². The molecule has 0 N–H and O–H groups in total. The van der Waals surface area contributed by atoms with Gasteiger partial charge in [0.2, 0.25) is 21.1 Å². The standard InChI is InChI=1S/C19H24FS/c1-18(2,3)16-11-14(12-17(21-16)19(4,5)6)13-7-9-15(20)10-8-13/h7-12H,1-6H3/q+1. The lowest BCUT2D eigenvalue weighted by Gasteiger charge is -2.16. The molecule has 0 saturated heterocycles. The van der Waals surface area contributed by atoms with E-state index in [1.54, 1.807) is 0 Å². The van der Waals surface area contributed by atoms with E-state index in [9.17, 15) is 4.39 Å². The summed E-state index contributed by atoms with van der Waals surface area (Å²) in [4.78, 5) is 2.71. The molecule has 0 atom stereocenters. The number of hydrogen-bond acceptors (Lipinski definition) is 0. The Bertz CT molecular complexity index is 596. The Morgan fingerprint density at radius 3 is 1.52 bits per heavy atom. The van der Waals surface area contributed by atoms with Crippen LogP contribution in [0.2, 0.25) is 0 Å². The zero-order chi connectivity index (χ0) is 15.8. The summed E-state index contributed by atoms with van der Waals surface area (Å²) < 4.78 is 13.1. The van der Waals surface area contributed by atoms with E-state index in [0.717, 1.165) is 5.56 Å². The molecule has 2 heteroatoms. The fourth-order valence-electron chi connectivity index (χ4n) is 2.05. The fourth-order valence-corrected chi connectivity index (χ4v) is 3.27. The van der Waals surface area contributed by atoms with Gasteiger partial charge in [0.05, 0.1) is 0 Å². The van der Waals surface area contributed by atoms with Crippen molar-refractivity contribution >= 4 is 11.3 Å². The molecule has 2 aromatic rings. The molecule has 0 unspecified atom stereocenters. The van der Waals surface area contributed by atoms with Crippen LogP contribution in [-0.2, 0) is 10.8 Å². The molecule has 0 aliphatic heterocycles. The highest BCUT2D eigenvalue weighted by Gasteiger charge is 2.32. The molecule has 112 valence electrons. The van der Waals surface area contributed by atoms with Crippen LogP contribution in [0.1, 0.15) is 51.3 Å². The average molecular weight is 303 g/mol. The van der Waals surface area contributed by atoms with Crippen molar-refractivity contribution < 1.29 is 4.39 Å². The van der Waals surface area contributed by atoms with E-state index in [1.807, 2.05) is 23.5 Å². The predicted octanol–water partition coefficient (Wildman–Crippen LogP) is 6.43. The molecule has 21 heavy (non-hydrogen) atoms. The van der Waals surface area contributed by atoms with Crippen molar-refractivity contribution in [3.8, 4) is 11.1 Å². The third kappa shape index (κ3) is 3.88. The second kappa shape index (κ2) is 5.49. The van der Waals surface area contributed by atoms with Gasteiger partial charge in [0.25, 0.3) is 0 Å². The summed E-state index contributed by atoms with van der Waals surface area (Å²) >= 11 is 1.87. The summed E-state index contributed by atoms with van der Waals surface area (Å²) in [7, 11) is 0. The summed E-state index contributed by atoms with van der Waals surface area (Å²) in [5, 5.41) is 0. The lowest BCUT2D eigenvalue weighted by Crippen LogP contribution is -2.14. The van der Waals surface area contributed by atoms with Gasteiger partial charge in [0.15, 0.2) is 0 Å². The third-order valence-corrected chi connectivity index (χ3v) is 5.35. The van der Waals surface area contributed by atoms with Crippen molar-refractivity contribution in [2.24, 2.45) is 0 Å². The smallest absolute Gasteiger partial charge is 0.207 e. The molecule has 0 nitrogen and oxygen atoms in total. The molecule has 0 spiro atoms. The number of benzene rings is 1. The maximum Gasteiger partial charge on any atom is 0.219 e. The van der Waals surface area contributed by atoms with Crippen LogP contribution in [0.15, 0.2) is 36.4 Å². The Morgan fingerprint density at radius 2 is 1.14 bits per heavy atom. The van der Waals surface area contributed by atoms with Gasteiger partial charge in [-0.2, -0.15) is 0 Å². The van der Waals surface area contributed by atoms with E-state index < -0.39 is 0 Å². The second-order valence-corrected chi connectivity index (χ2v) is 8.67. The summed E-state index contributed by atoms with van der Waals surface area (Å²) in [5.74, 6) is -0.190. The summed E-state index contributed by atoms with van der Waals surface area (Å²) in [6.45, 7) is 13.4. The van der Waals surface area contributed by atoms with Crippen molar-refractivity contribution in [3.63, 3.8) is 0 Å². The molecular formula is C19H24FS+. The highest BCUT2D eigenvalue weighted by molar-refractivity contribution is 7.12. The molecule has 0 aliphatic carbocycles. The van der Waals surface area contributed by atoms with Crippen LogP contribution >= 0.6 is 11.3 Å². The van der Waals surface area contributed by atoms with Crippen LogP contribution in [-0.4, -0.2) is 0 Å². The van der Waals surface area contributed by atoms with Gasteiger partial charge >= 0.3 is 0 Å². The zero-order valence-electron chi connectivity index (χ0n) is 13.8. The topological polar surface area (TPSA) is 0 Å². The minimum Gasteiger partial charge on any atom is -0.207 e. The molecule has 0 radical (unpaired) electrons. The predicted molar refractivity (Wildman–Crippen MR) is 91.5 cm³/mol. The SMILES string of the molecule is CC(C)(C)c1cc(-c2ccc(F)cc2)cc(C(C)(C)C)[s+]1. The first-order chi connectivity index (χ1) is 9.57. The Morgan fingerprint density at radius 1 is 0.714 bits per heavy atom. The normalized spacial score (nSPS) is 12.5. The molecule has 0 fully saturated rings. The summed E-state index contributed by atoms with van der Waals surface area (Å²) in [6.07, 6.45) is 0. The van der Waals surface area contributed by atoms with Crippen molar-refractivity contribution in [1.29, 1.82) is 0 Å². The van der Waals surface area contributed by atoms with Crippen molar-refractivity contribution in [1.82, 2.24) is 0 Å². The monoisotopic (exact) mass is 303 g/mol. The molecular weight excluding hydrogens is 279 g/mol. The molecule has 0 saturated carbocycles. The first-order valence-electron chi connectivity index (χ1n) is 7.32. The second-order valence-electron chi connectivity index (χ2n) is 7.58. The van der Waals surface area contributed by atoms with E-state index in [1.165, 1.54) is 27.5 Å². The lowest BCUT2D eigenvalue weighted by molar-refractivity contribution is 0.593.